The highest BCUT2D eigenvalue weighted by molar-refractivity contribution is 6.14. The van der Waals surface area contributed by atoms with Gasteiger partial charge in [0.15, 0.2) is 0 Å². The average molecular weight is 915 g/mol. The molecule has 12 rings (SSSR count). The lowest BCUT2D eigenvalue weighted by Crippen LogP contribution is -2.05. The fourth-order valence-electron chi connectivity index (χ4n) is 10.4. The van der Waals surface area contributed by atoms with Crippen LogP contribution in [0, 0.1) is 56.7 Å². The third-order valence-corrected chi connectivity index (χ3v) is 13.6. The second-order valence-electron chi connectivity index (χ2n) is 17.5. The van der Waals surface area contributed by atoms with Crippen LogP contribution in [0.2, 0.25) is 0 Å². The molecule has 9 aromatic carbocycles. The van der Waals surface area contributed by atoms with Crippen molar-refractivity contribution in [3.05, 3.63) is 234 Å². The Hall–Kier alpha value is -10.8. The van der Waals surface area contributed by atoms with Gasteiger partial charge < -0.3 is 9.13 Å². The summed E-state index contributed by atoms with van der Waals surface area (Å²) in [7, 11) is 0. The summed E-state index contributed by atoms with van der Waals surface area (Å²) in [5, 5.41) is 54.8. The molecule has 0 atom stereocenters. The zero-order chi connectivity index (χ0) is 48.9. The van der Waals surface area contributed by atoms with Crippen LogP contribution >= 0.6 is 0 Å². The minimum Gasteiger partial charge on any atom is -0.307 e. The zero-order valence-electron chi connectivity index (χ0n) is 38.2. The molecule has 0 saturated heterocycles. The summed E-state index contributed by atoms with van der Waals surface area (Å²) < 4.78 is 4.44. The number of nitrogens with zero attached hydrogens (tertiary/aromatic N) is 8. The van der Waals surface area contributed by atoms with Crippen molar-refractivity contribution in [2.24, 2.45) is 0 Å². The summed E-state index contributed by atoms with van der Waals surface area (Å²) in [6.07, 6.45) is 3.74. The molecule has 0 saturated carbocycles. The van der Waals surface area contributed by atoms with Crippen LogP contribution in [0.5, 0.6) is 0 Å². The van der Waals surface area contributed by atoms with Crippen LogP contribution in [-0.2, 0) is 0 Å². The molecule has 3 aromatic heterocycles. The van der Waals surface area contributed by atoms with Gasteiger partial charge in [-0.1, -0.05) is 109 Å². The minimum atomic E-state index is 0.494. The minimum absolute atomic E-state index is 0.494. The number of nitriles is 5. The van der Waals surface area contributed by atoms with Gasteiger partial charge in [-0.15, -0.1) is 0 Å². The van der Waals surface area contributed by atoms with Crippen molar-refractivity contribution in [1.82, 2.24) is 14.1 Å². The lowest BCUT2D eigenvalue weighted by atomic mass is 9.96. The van der Waals surface area contributed by atoms with Crippen molar-refractivity contribution in [2.75, 3.05) is 0 Å². The van der Waals surface area contributed by atoms with Crippen LogP contribution in [0.25, 0.3) is 111 Å². The van der Waals surface area contributed by atoms with Crippen LogP contribution in [0.3, 0.4) is 0 Å². The summed E-state index contributed by atoms with van der Waals surface area (Å²) in [6, 6.07) is 74.9. The van der Waals surface area contributed by atoms with E-state index in [1.165, 1.54) is 0 Å². The number of benzene rings is 9. The van der Waals surface area contributed by atoms with E-state index in [-0.39, 0.29) is 0 Å². The van der Waals surface area contributed by atoms with Crippen molar-refractivity contribution in [2.45, 2.75) is 0 Å². The van der Waals surface area contributed by atoms with Gasteiger partial charge in [-0.05, 0) is 135 Å². The van der Waals surface area contributed by atoms with Crippen molar-refractivity contribution in [3.8, 4) is 97.4 Å². The first-order chi connectivity index (χ1) is 35.5. The van der Waals surface area contributed by atoms with E-state index >= 15 is 0 Å². The Bertz CT molecular complexity index is 3990. The van der Waals surface area contributed by atoms with Crippen molar-refractivity contribution >= 4 is 43.6 Å². The monoisotopic (exact) mass is 914 g/mol. The molecule has 0 amide bonds. The number of aromatic nitrogens is 3. The van der Waals surface area contributed by atoms with Crippen LogP contribution in [0.15, 0.2) is 207 Å². The van der Waals surface area contributed by atoms with E-state index in [0.29, 0.717) is 27.8 Å². The summed E-state index contributed by atoms with van der Waals surface area (Å²) in [6.45, 7) is 0. The molecule has 330 valence electrons. The molecular weight excluding hydrogens is 881 g/mol. The molecule has 0 aliphatic rings. The molecule has 8 heteroatoms. The molecule has 8 nitrogen and oxygen atoms in total. The lowest BCUT2D eigenvalue weighted by molar-refractivity contribution is 1.09. The highest BCUT2D eigenvalue weighted by Crippen LogP contribution is 2.45. The van der Waals surface area contributed by atoms with Crippen LogP contribution in [0.1, 0.15) is 27.8 Å². The third kappa shape index (κ3) is 6.84. The largest absolute Gasteiger partial charge is 0.307 e. The molecular formula is C64H34N8. The third-order valence-electron chi connectivity index (χ3n) is 13.6. The van der Waals surface area contributed by atoms with Gasteiger partial charge in [-0.3, -0.25) is 4.98 Å². The maximum absolute atomic E-state index is 10.4. The van der Waals surface area contributed by atoms with E-state index in [1.54, 1.807) is 6.07 Å². The van der Waals surface area contributed by atoms with Gasteiger partial charge in [0.25, 0.3) is 0 Å². The molecule has 0 bridgehead atoms. The molecule has 0 aliphatic carbocycles. The van der Waals surface area contributed by atoms with Crippen molar-refractivity contribution in [1.29, 1.82) is 26.3 Å². The molecule has 0 unspecified atom stereocenters. The fourth-order valence-corrected chi connectivity index (χ4v) is 10.4. The Morgan fingerprint density at radius 1 is 0.306 bits per heavy atom. The van der Waals surface area contributed by atoms with Gasteiger partial charge in [-0.2, -0.15) is 26.3 Å². The van der Waals surface area contributed by atoms with Crippen LogP contribution in [-0.4, -0.2) is 14.1 Å². The van der Waals surface area contributed by atoms with Gasteiger partial charge in [-0.25, -0.2) is 0 Å². The summed E-state index contributed by atoms with van der Waals surface area (Å²) in [4.78, 5) is 5.05. The van der Waals surface area contributed by atoms with Gasteiger partial charge >= 0.3 is 0 Å². The number of hydrogen-bond donors (Lipinski definition) is 0. The summed E-state index contributed by atoms with van der Waals surface area (Å²) in [5.74, 6) is 0. The highest BCUT2D eigenvalue weighted by atomic mass is 15.0. The van der Waals surface area contributed by atoms with Gasteiger partial charge in [0.1, 0.15) is 0 Å². The molecule has 0 spiro atoms. The SMILES string of the molecule is N#Cc1cccc(-c2c(-n3c4ccc(-c5ccccc5C#N)cc4c4cc(-c5ccccc5C#N)ccc43)cncc2-n2c3ccc(-c4ccccc4C#N)cc3c3cc(-c4ccccc4C#N)ccc32)c1. The summed E-state index contributed by atoms with van der Waals surface area (Å²) >= 11 is 0. The Morgan fingerprint density at radius 3 is 0.958 bits per heavy atom. The first-order valence-corrected chi connectivity index (χ1v) is 23.1. The zero-order valence-corrected chi connectivity index (χ0v) is 38.2. The topological polar surface area (TPSA) is 142 Å². The maximum Gasteiger partial charge on any atom is 0.0998 e. The summed E-state index contributed by atoms with van der Waals surface area (Å²) in [5.41, 5.74) is 16.2. The Morgan fingerprint density at radius 2 is 0.639 bits per heavy atom. The maximum atomic E-state index is 10.4. The van der Waals surface area contributed by atoms with Crippen molar-refractivity contribution in [3.63, 3.8) is 0 Å². The second kappa shape index (κ2) is 17.4. The van der Waals surface area contributed by atoms with E-state index in [0.717, 1.165) is 111 Å². The van der Waals surface area contributed by atoms with E-state index in [9.17, 15) is 26.3 Å². The predicted molar refractivity (Wildman–Crippen MR) is 284 cm³/mol. The fraction of sp³-hybridized carbons (Fsp3) is 0. The molecule has 0 radical (unpaired) electrons. The van der Waals surface area contributed by atoms with Gasteiger partial charge in [0.2, 0.25) is 0 Å². The first-order valence-electron chi connectivity index (χ1n) is 23.1. The Kier molecular flexibility index (Phi) is 10.3. The van der Waals surface area contributed by atoms with E-state index < -0.39 is 0 Å². The standard InChI is InChI=1S/C64H34N8/c65-33-40-10-9-15-45(28-40)64-62(71-58-24-20-41(50-16-5-1-11-46(50)34-66)29-54(58)55-30-42(21-25-59(55)71)51-17-6-2-12-47(51)35-67)38-70-39-63(64)72-60-26-22-43(52-18-7-3-13-48(52)36-68)31-56(60)57-32-44(23-27-61(57)72)53-19-8-4-14-49(53)37-69/h1-32,38-39H. The first kappa shape index (κ1) is 42.5. The van der Waals surface area contributed by atoms with Crippen LogP contribution in [0.4, 0.5) is 0 Å². The number of pyridine rings is 1. The van der Waals surface area contributed by atoms with Crippen molar-refractivity contribution < 1.29 is 0 Å². The molecule has 12 aromatic rings. The van der Waals surface area contributed by atoms with Crippen LogP contribution < -0.4 is 0 Å². The molecule has 0 fully saturated rings. The molecule has 0 aliphatic heterocycles. The molecule has 3 heterocycles. The number of fused-ring (bicyclic) bond motifs is 6. The second-order valence-corrected chi connectivity index (χ2v) is 17.5. The normalized spacial score (nSPS) is 11.0. The molecule has 72 heavy (non-hydrogen) atoms. The molecule has 0 N–H and O–H groups in total. The smallest absolute Gasteiger partial charge is 0.0998 e. The predicted octanol–water partition coefficient (Wildman–Crippen LogP) is 15.0. The quantitative estimate of drug-likeness (QED) is 0.156. The lowest BCUT2D eigenvalue weighted by Gasteiger charge is -2.20. The Labute approximate surface area is 413 Å². The van der Waals surface area contributed by atoms with E-state index in [4.69, 9.17) is 4.98 Å². The highest BCUT2D eigenvalue weighted by Gasteiger charge is 2.25. The van der Waals surface area contributed by atoms with E-state index in [1.807, 2.05) is 152 Å². The number of rotatable bonds is 7. The van der Waals surface area contributed by atoms with Gasteiger partial charge in [0.05, 0.1) is 104 Å². The Balaban J connectivity index is 1.19. The van der Waals surface area contributed by atoms with Gasteiger partial charge in [0, 0.05) is 27.1 Å². The number of hydrogen-bond acceptors (Lipinski definition) is 6. The average Bonchev–Trinajstić information content (AvgIpc) is 3.95. The van der Waals surface area contributed by atoms with E-state index in [2.05, 4.69) is 88.0 Å².